The molecule has 0 spiro atoms. The molecule has 0 aliphatic rings. The van der Waals surface area contributed by atoms with E-state index in [-0.39, 0.29) is 6.61 Å². The lowest BCUT2D eigenvalue weighted by Gasteiger charge is -2.16. The fourth-order valence-corrected chi connectivity index (χ4v) is 3.58. The third-order valence-corrected chi connectivity index (χ3v) is 5.43. The summed E-state index contributed by atoms with van der Waals surface area (Å²) < 4.78 is 10.1. The molecule has 0 radical (unpaired) electrons. The zero-order valence-electron chi connectivity index (χ0n) is 20.2. The van der Waals surface area contributed by atoms with Crippen LogP contribution < -0.4 is 5.32 Å². The maximum Gasteiger partial charge on any atom is 0.408 e. The second-order valence-electron chi connectivity index (χ2n) is 8.38. The van der Waals surface area contributed by atoms with Crippen LogP contribution in [0.2, 0.25) is 0 Å². The van der Waals surface area contributed by atoms with Gasteiger partial charge in [0, 0.05) is 0 Å². The largest absolute Gasteiger partial charge is 0.464 e. The summed E-state index contributed by atoms with van der Waals surface area (Å²) in [5.41, 5.74) is 0. The van der Waals surface area contributed by atoms with E-state index in [1.165, 1.54) is 83.5 Å². The number of rotatable bonds is 21. The number of hydrogen-bond donors (Lipinski definition) is 1. The fourth-order valence-electron chi connectivity index (χ4n) is 3.58. The predicted molar refractivity (Wildman–Crippen MR) is 128 cm³/mol. The van der Waals surface area contributed by atoms with Gasteiger partial charge in [-0.3, -0.25) is 0 Å². The minimum atomic E-state index is -0.680. The van der Waals surface area contributed by atoms with Gasteiger partial charge in [-0.05, 0) is 12.8 Å². The lowest BCUT2D eigenvalue weighted by molar-refractivity contribution is -0.146. The van der Waals surface area contributed by atoms with Gasteiger partial charge in [-0.1, -0.05) is 116 Å². The average Bonchev–Trinajstić information content (AvgIpc) is 2.77. The molecule has 0 aromatic heterocycles. The summed E-state index contributed by atoms with van der Waals surface area (Å²) in [6.45, 7) is 4.50. The van der Waals surface area contributed by atoms with Crippen molar-refractivity contribution in [2.24, 2.45) is 0 Å². The number of alkyl carbamates (subject to hydrolysis) is 1. The van der Waals surface area contributed by atoms with Gasteiger partial charge < -0.3 is 14.8 Å². The van der Waals surface area contributed by atoms with Gasteiger partial charge in [0.25, 0.3) is 0 Å². The smallest absolute Gasteiger partial charge is 0.408 e. The molecule has 0 heterocycles. The molecule has 5 heteroatoms. The lowest BCUT2D eigenvalue weighted by atomic mass is 10.0. The number of esters is 1. The first-order valence-corrected chi connectivity index (χ1v) is 12.7. The van der Waals surface area contributed by atoms with E-state index in [0.29, 0.717) is 13.0 Å². The molecule has 1 amide bonds. The van der Waals surface area contributed by atoms with Crippen molar-refractivity contribution in [2.75, 3.05) is 13.2 Å². The fraction of sp³-hybridized carbons (Fsp3) is 0.846. The topological polar surface area (TPSA) is 64.6 Å². The van der Waals surface area contributed by atoms with Gasteiger partial charge in [0.2, 0.25) is 0 Å². The monoisotopic (exact) mass is 437 g/mol. The van der Waals surface area contributed by atoms with Gasteiger partial charge in [0.05, 0.1) is 6.61 Å². The molecule has 1 N–H and O–H groups in total. The van der Waals surface area contributed by atoms with Crippen molar-refractivity contribution in [3.8, 4) is 12.3 Å². The molecule has 0 saturated carbocycles. The lowest BCUT2D eigenvalue weighted by Crippen LogP contribution is -2.42. The molecule has 0 aromatic carbocycles. The highest BCUT2D eigenvalue weighted by atomic mass is 16.6. The highest BCUT2D eigenvalue weighted by Gasteiger charge is 2.21. The number of hydrogen-bond acceptors (Lipinski definition) is 4. The first-order chi connectivity index (χ1) is 15.2. The summed E-state index contributed by atoms with van der Waals surface area (Å²) in [5, 5.41) is 2.53. The van der Waals surface area contributed by atoms with Crippen molar-refractivity contribution in [1.29, 1.82) is 0 Å². The van der Waals surface area contributed by atoms with E-state index in [2.05, 4.69) is 18.2 Å². The average molecular weight is 438 g/mol. The van der Waals surface area contributed by atoms with Crippen LogP contribution in [-0.2, 0) is 14.3 Å². The van der Waals surface area contributed by atoms with Gasteiger partial charge in [-0.25, -0.2) is 9.59 Å². The van der Waals surface area contributed by atoms with Crippen LogP contribution >= 0.6 is 0 Å². The maximum atomic E-state index is 12.2. The first kappa shape index (κ1) is 29.3. The van der Waals surface area contributed by atoms with Gasteiger partial charge in [-0.15, -0.1) is 6.42 Å². The predicted octanol–water partition coefficient (Wildman–Crippen LogP) is 6.93. The second-order valence-corrected chi connectivity index (χ2v) is 8.38. The van der Waals surface area contributed by atoms with E-state index < -0.39 is 18.1 Å². The Kier molecular flexibility index (Phi) is 21.7. The molecular formula is C26H47NO4. The number of nitrogens with one attached hydrogen (secondary N) is 1. The van der Waals surface area contributed by atoms with Crippen LogP contribution in [-0.4, -0.2) is 31.3 Å². The van der Waals surface area contributed by atoms with Crippen molar-refractivity contribution in [1.82, 2.24) is 5.32 Å². The molecule has 1 atom stereocenters. The van der Waals surface area contributed by atoms with Gasteiger partial charge >= 0.3 is 12.1 Å². The molecule has 0 rings (SSSR count). The molecule has 0 aromatic rings. The summed E-state index contributed by atoms with van der Waals surface area (Å²) >= 11 is 0. The number of amides is 1. The normalized spacial score (nSPS) is 11.5. The molecule has 0 aliphatic heterocycles. The molecule has 0 bridgehead atoms. The van der Waals surface area contributed by atoms with Crippen LogP contribution in [0, 0.1) is 12.3 Å². The van der Waals surface area contributed by atoms with Crippen molar-refractivity contribution in [2.45, 2.75) is 129 Å². The van der Waals surface area contributed by atoms with Crippen molar-refractivity contribution >= 4 is 12.1 Å². The van der Waals surface area contributed by atoms with Crippen LogP contribution in [0.25, 0.3) is 0 Å². The highest BCUT2D eigenvalue weighted by Crippen LogP contribution is 2.13. The summed E-state index contributed by atoms with van der Waals surface area (Å²) in [6, 6.07) is -0.674. The quantitative estimate of drug-likeness (QED) is 0.120. The zero-order chi connectivity index (χ0) is 23.0. The Morgan fingerprint density at radius 2 is 1.23 bits per heavy atom. The van der Waals surface area contributed by atoms with E-state index in [1.807, 2.05) is 6.92 Å². The van der Waals surface area contributed by atoms with Crippen LogP contribution in [0.1, 0.15) is 123 Å². The summed E-state index contributed by atoms with van der Waals surface area (Å²) in [7, 11) is 0. The first-order valence-electron chi connectivity index (χ1n) is 12.7. The molecule has 0 fully saturated rings. The Bertz CT molecular complexity index is 473. The second kappa shape index (κ2) is 23.0. The molecule has 1 unspecified atom stereocenters. The molecule has 31 heavy (non-hydrogen) atoms. The molecular weight excluding hydrogens is 390 g/mol. The minimum absolute atomic E-state index is 0.112. The van der Waals surface area contributed by atoms with Crippen LogP contribution in [0.5, 0.6) is 0 Å². The Morgan fingerprint density at radius 1 is 0.742 bits per heavy atom. The number of ether oxygens (including phenoxy) is 2. The SMILES string of the molecule is C#CCOC(=O)NC(CCC)C(=O)OCCCCCCCCCCCCCCCCC. The van der Waals surface area contributed by atoms with E-state index in [9.17, 15) is 9.59 Å². The number of carbonyl (C=O) groups excluding carboxylic acids is 2. The number of terminal acetylenes is 1. The van der Waals surface area contributed by atoms with Gasteiger partial charge in [0.1, 0.15) is 6.04 Å². The molecule has 5 nitrogen and oxygen atoms in total. The van der Waals surface area contributed by atoms with Crippen molar-refractivity contribution in [3.05, 3.63) is 0 Å². The zero-order valence-corrected chi connectivity index (χ0v) is 20.2. The van der Waals surface area contributed by atoms with Crippen LogP contribution in [0.4, 0.5) is 4.79 Å². The third-order valence-electron chi connectivity index (χ3n) is 5.43. The summed E-state index contributed by atoms with van der Waals surface area (Å²) in [4.78, 5) is 23.7. The van der Waals surface area contributed by atoms with Crippen LogP contribution in [0.15, 0.2) is 0 Å². The summed E-state index contributed by atoms with van der Waals surface area (Å²) in [5.74, 6) is 1.82. The third kappa shape index (κ3) is 20.0. The maximum absolute atomic E-state index is 12.2. The Labute approximate surface area is 191 Å². The van der Waals surface area contributed by atoms with E-state index in [1.54, 1.807) is 0 Å². The van der Waals surface area contributed by atoms with E-state index in [0.717, 1.165) is 19.3 Å². The highest BCUT2D eigenvalue weighted by molar-refractivity contribution is 5.81. The Balaban J connectivity index is 3.54. The van der Waals surface area contributed by atoms with Gasteiger partial charge in [0.15, 0.2) is 6.61 Å². The van der Waals surface area contributed by atoms with Crippen molar-refractivity contribution in [3.63, 3.8) is 0 Å². The number of unbranched alkanes of at least 4 members (excludes halogenated alkanes) is 14. The van der Waals surface area contributed by atoms with E-state index in [4.69, 9.17) is 15.9 Å². The van der Waals surface area contributed by atoms with Crippen molar-refractivity contribution < 1.29 is 19.1 Å². The van der Waals surface area contributed by atoms with Gasteiger partial charge in [-0.2, -0.15) is 0 Å². The summed E-state index contributed by atoms with van der Waals surface area (Å²) in [6.07, 6.45) is 25.2. The molecule has 0 saturated heterocycles. The standard InChI is InChI=1S/C26H47NO4/c1-4-7-8-9-10-11-12-13-14-15-16-17-18-19-20-23-30-25(28)24(21-5-2)27-26(29)31-22-6-3/h3,24H,4-5,7-23H2,1-2H3,(H,27,29). The Hall–Kier alpha value is -1.70. The minimum Gasteiger partial charge on any atom is -0.464 e. The molecule has 180 valence electrons. The number of carbonyl (C=O) groups is 2. The van der Waals surface area contributed by atoms with Crippen LogP contribution in [0.3, 0.4) is 0 Å². The Morgan fingerprint density at radius 3 is 1.68 bits per heavy atom. The molecule has 0 aliphatic carbocycles. The van der Waals surface area contributed by atoms with E-state index >= 15 is 0 Å².